The molecule has 24 heavy (non-hydrogen) atoms. The van der Waals surface area contributed by atoms with Gasteiger partial charge in [0.25, 0.3) is 11.5 Å². The highest BCUT2D eigenvalue weighted by Crippen LogP contribution is 2.28. The van der Waals surface area contributed by atoms with Crippen molar-refractivity contribution < 1.29 is 4.79 Å². The third-order valence-corrected chi connectivity index (χ3v) is 5.79. The molecule has 3 aromatic rings. The molecular formula is C16H18N4O2S2. The van der Waals surface area contributed by atoms with Crippen molar-refractivity contribution in [2.24, 2.45) is 0 Å². The van der Waals surface area contributed by atoms with Crippen LogP contribution in [0.5, 0.6) is 0 Å². The number of hydrogen-bond donors (Lipinski definition) is 1. The molecule has 0 aliphatic carbocycles. The number of amides is 1. The molecule has 0 radical (unpaired) electrons. The molecule has 0 bridgehead atoms. The molecule has 3 heterocycles. The van der Waals surface area contributed by atoms with Crippen LogP contribution < -0.4 is 10.9 Å². The van der Waals surface area contributed by atoms with Crippen molar-refractivity contribution >= 4 is 43.9 Å². The molecule has 0 atom stereocenters. The lowest BCUT2D eigenvalue weighted by Gasteiger charge is -2.03. The highest BCUT2D eigenvalue weighted by molar-refractivity contribution is 7.21. The van der Waals surface area contributed by atoms with E-state index < -0.39 is 0 Å². The number of carbonyl (C=O) groups is 1. The number of nitrogens with zero attached hydrogens (tertiary/aromatic N) is 3. The quantitative estimate of drug-likeness (QED) is 0.752. The van der Waals surface area contributed by atoms with Crippen molar-refractivity contribution in [1.82, 2.24) is 14.5 Å². The first-order valence-corrected chi connectivity index (χ1v) is 9.43. The van der Waals surface area contributed by atoms with Crippen molar-refractivity contribution in [2.45, 2.75) is 40.2 Å². The molecule has 0 spiro atoms. The first-order chi connectivity index (χ1) is 11.5. The maximum atomic E-state index is 12.6. The summed E-state index contributed by atoms with van der Waals surface area (Å²) < 4.78 is 1.62. The summed E-state index contributed by atoms with van der Waals surface area (Å²) in [5, 5.41) is 5.77. The minimum atomic E-state index is -0.246. The second-order valence-electron chi connectivity index (χ2n) is 5.58. The fraction of sp³-hybridized carbons (Fsp3) is 0.375. The van der Waals surface area contributed by atoms with Gasteiger partial charge in [-0.3, -0.25) is 19.5 Å². The Labute approximate surface area is 147 Å². The Hall–Kier alpha value is -2.06. The van der Waals surface area contributed by atoms with Crippen LogP contribution in [-0.2, 0) is 6.54 Å². The number of thiophene rings is 1. The Balaban J connectivity index is 1.97. The molecule has 3 aromatic heterocycles. The van der Waals surface area contributed by atoms with Crippen molar-refractivity contribution in [3.63, 3.8) is 0 Å². The lowest BCUT2D eigenvalue weighted by molar-refractivity contribution is 0.103. The summed E-state index contributed by atoms with van der Waals surface area (Å²) in [5.74, 6) is -0.246. The molecule has 0 fully saturated rings. The predicted molar refractivity (Wildman–Crippen MR) is 98.3 cm³/mol. The van der Waals surface area contributed by atoms with Crippen molar-refractivity contribution in [2.75, 3.05) is 5.32 Å². The van der Waals surface area contributed by atoms with Gasteiger partial charge in [0.2, 0.25) is 0 Å². The standard InChI is InChI=1S/C16H18N4O2S2/c1-4-5-6-20-8-17-14-11(15(20)22)10(3)12(24-14)13(21)19-16-18-9(2)7-23-16/h7-8H,4-6H2,1-3H3,(H,18,19,21). The molecule has 0 aromatic carbocycles. The van der Waals surface area contributed by atoms with E-state index in [9.17, 15) is 9.59 Å². The predicted octanol–water partition coefficient (Wildman–Crippen LogP) is 3.58. The third kappa shape index (κ3) is 3.11. The molecule has 0 saturated heterocycles. The number of nitrogens with one attached hydrogen (secondary N) is 1. The Bertz CT molecular complexity index is 955. The van der Waals surface area contributed by atoms with E-state index in [2.05, 4.69) is 22.2 Å². The van der Waals surface area contributed by atoms with Crippen LogP contribution in [0.1, 0.15) is 40.7 Å². The summed E-state index contributed by atoms with van der Waals surface area (Å²) in [4.78, 5) is 34.9. The Morgan fingerprint density at radius 1 is 1.38 bits per heavy atom. The molecule has 0 aliphatic heterocycles. The van der Waals surface area contributed by atoms with Crippen LogP contribution in [0.25, 0.3) is 10.2 Å². The van der Waals surface area contributed by atoms with E-state index >= 15 is 0 Å². The molecular weight excluding hydrogens is 344 g/mol. The van der Waals surface area contributed by atoms with E-state index in [0.717, 1.165) is 18.5 Å². The number of hydrogen-bond acceptors (Lipinski definition) is 6. The topological polar surface area (TPSA) is 76.9 Å². The molecule has 0 aliphatic rings. The molecule has 126 valence electrons. The van der Waals surface area contributed by atoms with E-state index in [4.69, 9.17) is 0 Å². The van der Waals surface area contributed by atoms with Gasteiger partial charge in [-0.1, -0.05) is 13.3 Å². The van der Waals surface area contributed by atoms with Crippen LogP contribution >= 0.6 is 22.7 Å². The van der Waals surface area contributed by atoms with Gasteiger partial charge in [-0.25, -0.2) is 9.97 Å². The third-order valence-electron chi connectivity index (χ3n) is 3.72. The molecule has 8 heteroatoms. The van der Waals surface area contributed by atoms with E-state index in [0.29, 0.717) is 32.3 Å². The minimum Gasteiger partial charge on any atom is -0.299 e. The number of thiazole rings is 1. The van der Waals surface area contributed by atoms with Gasteiger partial charge in [0, 0.05) is 11.9 Å². The van der Waals surface area contributed by atoms with Gasteiger partial charge in [0.1, 0.15) is 4.83 Å². The van der Waals surface area contributed by atoms with Gasteiger partial charge >= 0.3 is 0 Å². The minimum absolute atomic E-state index is 0.0775. The zero-order valence-electron chi connectivity index (χ0n) is 13.8. The lowest BCUT2D eigenvalue weighted by Crippen LogP contribution is -2.20. The Morgan fingerprint density at radius 3 is 2.83 bits per heavy atom. The van der Waals surface area contributed by atoms with Gasteiger partial charge < -0.3 is 0 Å². The average molecular weight is 362 g/mol. The maximum Gasteiger partial charge on any atom is 0.267 e. The highest BCUT2D eigenvalue weighted by atomic mass is 32.1. The summed E-state index contributed by atoms with van der Waals surface area (Å²) in [5.41, 5.74) is 1.47. The normalized spacial score (nSPS) is 11.1. The first kappa shape index (κ1) is 16.8. The summed E-state index contributed by atoms with van der Waals surface area (Å²) >= 11 is 2.63. The number of unbranched alkanes of at least 4 members (excludes halogenated alkanes) is 1. The number of carbonyl (C=O) groups excluding carboxylic acids is 1. The van der Waals surface area contributed by atoms with Crippen LogP contribution in [0.4, 0.5) is 5.13 Å². The zero-order valence-corrected chi connectivity index (χ0v) is 15.4. The SMILES string of the molecule is CCCCn1cnc2sc(C(=O)Nc3nc(C)cs3)c(C)c2c1=O. The van der Waals surface area contributed by atoms with E-state index in [-0.39, 0.29) is 11.5 Å². The summed E-state index contributed by atoms with van der Waals surface area (Å²) in [7, 11) is 0. The van der Waals surface area contributed by atoms with Gasteiger partial charge in [-0.15, -0.1) is 22.7 Å². The second-order valence-corrected chi connectivity index (χ2v) is 7.44. The first-order valence-electron chi connectivity index (χ1n) is 7.73. The van der Waals surface area contributed by atoms with Crippen LogP contribution in [-0.4, -0.2) is 20.4 Å². The van der Waals surface area contributed by atoms with E-state index in [1.54, 1.807) is 17.8 Å². The largest absolute Gasteiger partial charge is 0.299 e. The number of anilines is 1. The van der Waals surface area contributed by atoms with Crippen LogP contribution in [0, 0.1) is 13.8 Å². The summed E-state index contributed by atoms with van der Waals surface area (Å²) in [6, 6.07) is 0. The van der Waals surface area contributed by atoms with Crippen LogP contribution in [0.15, 0.2) is 16.5 Å². The van der Waals surface area contributed by atoms with Gasteiger partial charge in [0.15, 0.2) is 5.13 Å². The maximum absolute atomic E-state index is 12.6. The van der Waals surface area contributed by atoms with Gasteiger partial charge in [-0.05, 0) is 25.8 Å². The number of rotatable bonds is 5. The molecule has 3 rings (SSSR count). The average Bonchev–Trinajstić information content (AvgIpc) is 3.10. The Kier molecular flexibility index (Phi) is 4.77. The second kappa shape index (κ2) is 6.82. The van der Waals surface area contributed by atoms with E-state index in [1.807, 2.05) is 12.3 Å². The smallest absolute Gasteiger partial charge is 0.267 e. The molecule has 0 saturated carbocycles. The molecule has 1 amide bonds. The van der Waals surface area contributed by atoms with Crippen molar-refractivity contribution in [3.05, 3.63) is 38.2 Å². The van der Waals surface area contributed by atoms with Crippen LogP contribution in [0.2, 0.25) is 0 Å². The molecule has 6 nitrogen and oxygen atoms in total. The number of fused-ring (bicyclic) bond motifs is 1. The summed E-state index contributed by atoms with van der Waals surface area (Å²) in [6.45, 7) is 6.40. The number of aromatic nitrogens is 3. The lowest BCUT2D eigenvalue weighted by atomic mass is 10.2. The van der Waals surface area contributed by atoms with E-state index in [1.165, 1.54) is 22.7 Å². The van der Waals surface area contributed by atoms with Gasteiger partial charge in [0.05, 0.1) is 22.3 Å². The van der Waals surface area contributed by atoms with Crippen LogP contribution in [0.3, 0.4) is 0 Å². The summed E-state index contributed by atoms with van der Waals surface area (Å²) in [6.07, 6.45) is 3.50. The van der Waals surface area contributed by atoms with Gasteiger partial charge in [-0.2, -0.15) is 0 Å². The van der Waals surface area contributed by atoms with Crippen molar-refractivity contribution in [3.8, 4) is 0 Å². The fourth-order valence-corrected chi connectivity index (χ4v) is 4.15. The fourth-order valence-electron chi connectivity index (χ4n) is 2.43. The zero-order chi connectivity index (χ0) is 17.3. The highest BCUT2D eigenvalue weighted by Gasteiger charge is 2.20. The van der Waals surface area contributed by atoms with Crippen molar-refractivity contribution in [1.29, 1.82) is 0 Å². The molecule has 1 N–H and O–H groups in total. The number of aryl methyl sites for hydroxylation is 3. The Morgan fingerprint density at radius 2 is 2.17 bits per heavy atom. The molecule has 0 unspecified atom stereocenters. The monoisotopic (exact) mass is 362 g/mol.